The van der Waals surface area contributed by atoms with Crippen LogP contribution in [0.1, 0.15) is 61.3 Å². The molecule has 232 valence electrons. The standard InChI is InChI=1S/C32H29N9O5/c1-16-19-5-6-22(21(19)4-3-20(16)30-37-15-38-40-30)39-32(45)24-11-23(35-14-36-24)31(44)34-12-17-2-7-25-18(10-17)13-41(8-9-46-25)27-26(33)28(42)29(27)43/h2-4,7,10-11,14-15,22H,5-6,8-9,12-13,33H2,1H3,(H,34,44)(H,39,45)(H,37,38,40)/t22-/m0/s1. The Bertz CT molecular complexity index is 2070. The predicted octanol–water partition coefficient (Wildman–Crippen LogP) is 1.49. The molecule has 14 heteroatoms. The lowest BCUT2D eigenvalue weighted by Gasteiger charge is -2.24. The topological polar surface area (TPSA) is 198 Å². The Labute approximate surface area is 261 Å². The summed E-state index contributed by atoms with van der Waals surface area (Å²) in [7, 11) is 0. The van der Waals surface area contributed by atoms with Gasteiger partial charge in [-0.3, -0.25) is 24.3 Å². The van der Waals surface area contributed by atoms with Crippen molar-refractivity contribution in [2.45, 2.75) is 38.9 Å². The van der Waals surface area contributed by atoms with E-state index in [9.17, 15) is 19.2 Å². The molecule has 1 aliphatic heterocycles. The molecular weight excluding hydrogens is 590 g/mol. The maximum atomic E-state index is 13.2. The number of H-pyrrole nitrogens is 1. The Kier molecular flexibility index (Phi) is 7.23. The second kappa shape index (κ2) is 11.5. The fourth-order valence-corrected chi connectivity index (χ4v) is 6.19. The van der Waals surface area contributed by atoms with Gasteiger partial charge in [0, 0.05) is 30.3 Å². The van der Waals surface area contributed by atoms with Gasteiger partial charge >= 0.3 is 0 Å². The van der Waals surface area contributed by atoms with Crippen molar-refractivity contribution in [3.8, 4) is 17.1 Å². The third-order valence-corrected chi connectivity index (χ3v) is 8.60. The van der Waals surface area contributed by atoms with Crippen LogP contribution in [0.3, 0.4) is 0 Å². The number of benzene rings is 2. The number of hydrogen-bond acceptors (Lipinski definition) is 11. The van der Waals surface area contributed by atoms with Crippen molar-refractivity contribution in [2.75, 3.05) is 23.8 Å². The first-order valence-corrected chi connectivity index (χ1v) is 14.8. The molecule has 2 aromatic heterocycles. The summed E-state index contributed by atoms with van der Waals surface area (Å²) in [4.78, 5) is 64.1. The highest BCUT2D eigenvalue weighted by molar-refractivity contribution is 5.97. The van der Waals surface area contributed by atoms with E-state index in [1.807, 2.05) is 31.2 Å². The van der Waals surface area contributed by atoms with Crippen LogP contribution in [0.15, 0.2) is 58.6 Å². The van der Waals surface area contributed by atoms with E-state index in [2.05, 4.69) is 35.8 Å². The molecule has 1 aliphatic carbocycles. The number of anilines is 2. The third kappa shape index (κ3) is 5.12. The highest BCUT2D eigenvalue weighted by Gasteiger charge is 2.29. The normalized spacial score (nSPS) is 15.5. The number of ether oxygens (including phenoxy) is 1. The van der Waals surface area contributed by atoms with Crippen molar-refractivity contribution in [1.29, 1.82) is 0 Å². The molecule has 2 aliphatic rings. The lowest BCUT2D eigenvalue weighted by Crippen LogP contribution is -2.43. The highest BCUT2D eigenvalue weighted by atomic mass is 16.5. The molecule has 0 radical (unpaired) electrons. The number of rotatable bonds is 7. The molecular formula is C32H29N9O5. The lowest BCUT2D eigenvalue weighted by atomic mass is 9.97. The minimum atomic E-state index is -0.667. The van der Waals surface area contributed by atoms with Crippen LogP contribution < -0.4 is 36.9 Å². The summed E-state index contributed by atoms with van der Waals surface area (Å²) in [5, 5.41) is 12.7. The summed E-state index contributed by atoms with van der Waals surface area (Å²) >= 11 is 0. The Morgan fingerprint density at radius 2 is 1.87 bits per heavy atom. The smallest absolute Gasteiger partial charge is 0.270 e. The lowest BCUT2D eigenvalue weighted by molar-refractivity contribution is 0.0931. The van der Waals surface area contributed by atoms with E-state index in [4.69, 9.17) is 10.5 Å². The number of amides is 2. The molecule has 7 rings (SSSR count). The van der Waals surface area contributed by atoms with E-state index < -0.39 is 22.7 Å². The largest absolute Gasteiger partial charge is 0.491 e. The molecule has 14 nitrogen and oxygen atoms in total. The van der Waals surface area contributed by atoms with E-state index in [-0.39, 0.29) is 35.3 Å². The van der Waals surface area contributed by atoms with Crippen molar-refractivity contribution in [3.05, 3.63) is 109 Å². The van der Waals surface area contributed by atoms with Gasteiger partial charge in [-0.25, -0.2) is 15.0 Å². The molecule has 0 saturated carbocycles. The Balaban J connectivity index is 1.00. The minimum Gasteiger partial charge on any atom is -0.491 e. The number of carbonyl (C=O) groups excluding carboxylic acids is 2. The van der Waals surface area contributed by atoms with Gasteiger partial charge in [-0.1, -0.05) is 18.2 Å². The van der Waals surface area contributed by atoms with E-state index >= 15 is 0 Å². The van der Waals surface area contributed by atoms with E-state index in [0.29, 0.717) is 31.3 Å². The quantitative estimate of drug-likeness (QED) is 0.193. The number of nitrogen functional groups attached to an aromatic ring is 1. The average Bonchev–Trinajstić information content (AvgIpc) is 3.71. The van der Waals surface area contributed by atoms with Gasteiger partial charge in [0.05, 0.1) is 12.6 Å². The van der Waals surface area contributed by atoms with Crippen LogP contribution in [-0.2, 0) is 19.5 Å². The first-order valence-electron chi connectivity index (χ1n) is 14.8. The molecule has 0 bridgehead atoms. The van der Waals surface area contributed by atoms with Crippen molar-refractivity contribution >= 4 is 23.2 Å². The van der Waals surface area contributed by atoms with Crippen LogP contribution in [0, 0.1) is 6.92 Å². The number of hydrogen-bond donors (Lipinski definition) is 4. The van der Waals surface area contributed by atoms with Crippen molar-refractivity contribution in [2.24, 2.45) is 0 Å². The molecule has 0 unspecified atom stereocenters. The molecule has 0 spiro atoms. The molecule has 46 heavy (non-hydrogen) atoms. The van der Waals surface area contributed by atoms with Crippen LogP contribution >= 0.6 is 0 Å². The molecule has 5 aromatic rings. The van der Waals surface area contributed by atoms with Crippen molar-refractivity contribution in [1.82, 2.24) is 35.8 Å². The Hall–Kier alpha value is -5.92. The van der Waals surface area contributed by atoms with Gasteiger partial charge in [0.25, 0.3) is 22.7 Å². The summed E-state index contributed by atoms with van der Waals surface area (Å²) in [5.74, 6) is 0.481. The maximum absolute atomic E-state index is 13.2. The third-order valence-electron chi connectivity index (χ3n) is 8.60. The van der Waals surface area contributed by atoms with Crippen LogP contribution in [0.2, 0.25) is 0 Å². The zero-order valence-corrected chi connectivity index (χ0v) is 24.8. The minimum absolute atomic E-state index is 0.0319. The summed E-state index contributed by atoms with van der Waals surface area (Å²) in [5.41, 5.74) is 10.7. The van der Waals surface area contributed by atoms with Crippen LogP contribution in [-0.4, -0.2) is 50.1 Å². The Morgan fingerprint density at radius 3 is 2.65 bits per heavy atom. The van der Waals surface area contributed by atoms with Crippen LogP contribution in [0.25, 0.3) is 11.4 Å². The molecule has 3 aromatic carbocycles. The Morgan fingerprint density at radius 1 is 1.04 bits per heavy atom. The van der Waals surface area contributed by atoms with Gasteiger partial charge in [0.2, 0.25) is 0 Å². The van der Waals surface area contributed by atoms with E-state index in [1.165, 1.54) is 24.3 Å². The number of fused-ring (bicyclic) bond motifs is 2. The zero-order valence-electron chi connectivity index (χ0n) is 24.8. The number of nitrogens with zero attached hydrogens (tertiary/aromatic N) is 5. The SMILES string of the molecule is Cc1c(-c2ncn[nH]2)ccc2c1CC[C@@H]2NC(=O)c1cc(C(=O)NCc2ccc3c(c2)CN(c2c(N)c(=O)c2=O)CCO3)ncn1. The van der Waals surface area contributed by atoms with Gasteiger partial charge in [0.15, 0.2) is 5.82 Å². The first kappa shape index (κ1) is 28.8. The molecule has 5 N–H and O–H groups in total. The van der Waals surface area contributed by atoms with E-state index in [1.54, 1.807) is 11.0 Å². The summed E-state index contributed by atoms with van der Waals surface area (Å²) in [6.45, 7) is 3.26. The van der Waals surface area contributed by atoms with Gasteiger partial charge in [-0.15, -0.1) is 0 Å². The number of nitrogens with two attached hydrogens (primary N) is 1. The van der Waals surface area contributed by atoms with Gasteiger partial charge in [-0.05, 0) is 54.2 Å². The fraction of sp³-hybridized carbons (Fsp3) is 0.250. The maximum Gasteiger partial charge on any atom is 0.270 e. The fourth-order valence-electron chi connectivity index (χ4n) is 6.19. The van der Waals surface area contributed by atoms with Crippen LogP contribution in [0.4, 0.5) is 11.4 Å². The second-order valence-corrected chi connectivity index (χ2v) is 11.3. The monoisotopic (exact) mass is 619 g/mol. The number of carbonyl (C=O) groups is 2. The van der Waals surface area contributed by atoms with Gasteiger partial charge < -0.3 is 26.0 Å². The molecule has 0 saturated heterocycles. The second-order valence-electron chi connectivity index (χ2n) is 11.3. The van der Waals surface area contributed by atoms with Crippen molar-refractivity contribution in [3.63, 3.8) is 0 Å². The van der Waals surface area contributed by atoms with Gasteiger partial charge in [0.1, 0.15) is 47.8 Å². The van der Waals surface area contributed by atoms with Crippen LogP contribution in [0.5, 0.6) is 5.75 Å². The molecule has 1 atom stereocenters. The molecule has 0 fully saturated rings. The van der Waals surface area contributed by atoms with Crippen molar-refractivity contribution < 1.29 is 14.3 Å². The summed E-state index contributed by atoms with van der Waals surface area (Å²) < 4.78 is 5.82. The molecule has 2 amide bonds. The van der Waals surface area contributed by atoms with Gasteiger partial charge in [-0.2, -0.15) is 5.10 Å². The average molecular weight is 620 g/mol. The summed E-state index contributed by atoms with van der Waals surface area (Å²) in [6.07, 6.45) is 4.22. The first-order chi connectivity index (χ1) is 22.3. The van der Waals surface area contributed by atoms with E-state index in [0.717, 1.165) is 40.7 Å². The zero-order chi connectivity index (χ0) is 31.9. The highest BCUT2D eigenvalue weighted by Crippen LogP contribution is 2.37. The predicted molar refractivity (Wildman–Crippen MR) is 167 cm³/mol. The number of aromatic amines is 1. The summed E-state index contributed by atoms with van der Waals surface area (Å²) in [6, 6.07) is 10.7. The molecule has 3 heterocycles. The number of nitrogens with one attached hydrogen (secondary N) is 3. The number of aromatic nitrogens is 5.